The lowest BCUT2D eigenvalue weighted by molar-refractivity contribution is -0.143. The van der Waals surface area contributed by atoms with Crippen LogP contribution < -0.4 is 10.1 Å². The minimum Gasteiger partial charge on any atom is -0.489 e. The number of benzene rings is 3. The maximum Gasteiger partial charge on any atom is 0.325 e. The largest absolute Gasteiger partial charge is 0.489 e. The van der Waals surface area contributed by atoms with Crippen molar-refractivity contribution < 1.29 is 19.1 Å². The zero-order chi connectivity index (χ0) is 19.6. The maximum absolute atomic E-state index is 12.5. The molecule has 0 spiro atoms. The van der Waals surface area contributed by atoms with Crippen molar-refractivity contribution in [2.24, 2.45) is 0 Å². The summed E-state index contributed by atoms with van der Waals surface area (Å²) in [5, 5.41) is 2.60. The maximum atomic E-state index is 12.5. The number of carbonyl (C=O) groups is 2. The average molecular weight is 375 g/mol. The first-order valence-electron chi connectivity index (χ1n) is 8.96. The number of amides is 1. The highest BCUT2D eigenvalue weighted by Gasteiger charge is 2.13. The molecule has 0 radical (unpaired) electrons. The van der Waals surface area contributed by atoms with Crippen molar-refractivity contribution in [1.29, 1.82) is 0 Å². The Kier molecular flexibility index (Phi) is 6.79. The second kappa shape index (κ2) is 9.92. The van der Waals surface area contributed by atoms with Crippen molar-refractivity contribution >= 4 is 11.9 Å². The van der Waals surface area contributed by atoms with Crippen molar-refractivity contribution in [3.63, 3.8) is 0 Å². The first-order chi connectivity index (χ1) is 13.7. The molecule has 3 rings (SSSR count). The van der Waals surface area contributed by atoms with Gasteiger partial charge >= 0.3 is 5.97 Å². The van der Waals surface area contributed by atoms with E-state index in [4.69, 9.17) is 9.47 Å². The molecule has 3 aromatic rings. The van der Waals surface area contributed by atoms with Gasteiger partial charge in [0.05, 0.1) is 0 Å². The van der Waals surface area contributed by atoms with E-state index in [9.17, 15) is 9.59 Å². The molecule has 0 fully saturated rings. The zero-order valence-corrected chi connectivity index (χ0v) is 15.3. The summed E-state index contributed by atoms with van der Waals surface area (Å²) in [4.78, 5) is 24.4. The lowest BCUT2D eigenvalue weighted by atomic mass is 10.1. The van der Waals surface area contributed by atoms with Crippen molar-refractivity contribution in [1.82, 2.24) is 5.32 Å². The molecule has 5 heteroatoms. The van der Waals surface area contributed by atoms with Gasteiger partial charge in [-0.1, -0.05) is 66.7 Å². The predicted molar refractivity (Wildman–Crippen MR) is 106 cm³/mol. The summed E-state index contributed by atoms with van der Waals surface area (Å²) in [7, 11) is 0. The summed E-state index contributed by atoms with van der Waals surface area (Å²) in [5.74, 6) is -0.110. The molecular weight excluding hydrogens is 354 g/mol. The summed E-state index contributed by atoms with van der Waals surface area (Å²) >= 11 is 0. The third-order valence-electron chi connectivity index (χ3n) is 4.04. The van der Waals surface area contributed by atoms with E-state index in [1.165, 1.54) is 0 Å². The van der Waals surface area contributed by atoms with Crippen LogP contribution in [-0.4, -0.2) is 18.4 Å². The molecule has 5 nitrogen and oxygen atoms in total. The molecule has 1 N–H and O–H groups in total. The number of nitrogens with one attached hydrogen (secondary N) is 1. The van der Waals surface area contributed by atoms with E-state index < -0.39 is 5.97 Å². The Morgan fingerprint density at radius 2 is 1.39 bits per heavy atom. The number of ether oxygens (including phenoxy) is 2. The first-order valence-corrected chi connectivity index (χ1v) is 8.96. The fraction of sp³-hybridized carbons (Fsp3) is 0.130. The quantitative estimate of drug-likeness (QED) is 0.609. The monoisotopic (exact) mass is 375 g/mol. The van der Waals surface area contributed by atoms with E-state index in [1.807, 2.05) is 72.8 Å². The zero-order valence-electron chi connectivity index (χ0n) is 15.3. The molecular formula is C23H21NO4. The number of rotatable bonds is 8. The summed E-state index contributed by atoms with van der Waals surface area (Å²) in [6.45, 7) is 0.239. The Labute approximate surface area is 163 Å². The minimum atomic E-state index is -0.491. The van der Waals surface area contributed by atoms with Gasteiger partial charge in [0.2, 0.25) is 0 Å². The van der Waals surface area contributed by atoms with Gasteiger partial charge in [-0.15, -0.1) is 0 Å². The Balaban J connectivity index is 1.51. The summed E-state index contributed by atoms with van der Waals surface area (Å²) in [5.41, 5.74) is 2.10. The van der Waals surface area contributed by atoms with Crippen LogP contribution in [0.15, 0.2) is 84.9 Å². The second-order valence-corrected chi connectivity index (χ2v) is 6.09. The molecule has 0 atom stereocenters. The van der Waals surface area contributed by atoms with Crippen LogP contribution in [0.2, 0.25) is 0 Å². The van der Waals surface area contributed by atoms with Gasteiger partial charge in [0.15, 0.2) is 0 Å². The van der Waals surface area contributed by atoms with Gasteiger partial charge < -0.3 is 14.8 Å². The van der Waals surface area contributed by atoms with E-state index >= 15 is 0 Å². The van der Waals surface area contributed by atoms with Gasteiger partial charge in [-0.2, -0.15) is 0 Å². The standard InChI is InChI=1S/C23H21NO4/c25-22(28-16-18-9-3-1-4-10-18)15-24-23(26)21-14-8-7-11-19(21)17-27-20-12-5-2-6-13-20/h1-14H,15-17H2,(H,24,26). The smallest absolute Gasteiger partial charge is 0.325 e. The molecule has 0 saturated carbocycles. The van der Waals surface area contributed by atoms with Gasteiger partial charge in [0, 0.05) is 11.1 Å². The van der Waals surface area contributed by atoms with E-state index in [2.05, 4.69) is 5.32 Å². The highest BCUT2D eigenvalue weighted by Crippen LogP contribution is 2.14. The summed E-state index contributed by atoms with van der Waals surface area (Å²) in [6.07, 6.45) is 0. The molecule has 0 aliphatic carbocycles. The Morgan fingerprint density at radius 3 is 2.14 bits per heavy atom. The molecule has 1 amide bonds. The average Bonchev–Trinajstić information content (AvgIpc) is 2.76. The molecule has 0 aliphatic heterocycles. The van der Waals surface area contributed by atoms with Gasteiger partial charge in [0.1, 0.15) is 25.5 Å². The fourth-order valence-corrected chi connectivity index (χ4v) is 2.58. The molecule has 0 aliphatic rings. The second-order valence-electron chi connectivity index (χ2n) is 6.09. The molecule has 0 unspecified atom stereocenters. The van der Waals surface area contributed by atoms with Crippen LogP contribution in [0.5, 0.6) is 5.75 Å². The van der Waals surface area contributed by atoms with Crippen LogP contribution in [0.25, 0.3) is 0 Å². The third kappa shape index (κ3) is 5.71. The lowest BCUT2D eigenvalue weighted by Crippen LogP contribution is -2.31. The number of carbonyl (C=O) groups excluding carboxylic acids is 2. The lowest BCUT2D eigenvalue weighted by Gasteiger charge is -2.11. The molecule has 142 valence electrons. The molecule has 0 aromatic heterocycles. The number of hydrogen-bond donors (Lipinski definition) is 1. The Bertz CT molecular complexity index is 910. The minimum absolute atomic E-state index is 0.178. The molecule has 0 saturated heterocycles. The van der Waals surface area contributed by atoms with E-state index in [0.29, 0.717) is 5.56 Å². The van der Waals surface area contributed by atoms with Gasteiger partial charge in [-0.25, -0.2) is 0 Å². The number of esters is 1. The summed E-state index contributed by atoms with van der Waals surface area (Å²) < 4.78 is 10.9. The SMILES string of the molecule is O=C(CNC(=O)c1ccccc1COc1ccccc1)OCc1ccccc1. The van der Waals surface area contributed by atoms with Crippen LogP contribution in [0.4, 0.5) is 0 Å². The van der Waals surface area contributed by atoms with E-state index in [0.717, 1.165) is 16.9 Å². The highest BCUT2D eigenvalue weighted by atomic mass is 16.5. The predicted octanol–water partition coefficient (Wildman–Crippen LogP) is 3.74. The van der Waals surface area contributed by atoms with Crippen LogP contribution in [-0.2, 0) is 22.7 Å². The molecule has 28 heavy (non-hydrogen) atoms. The van der Waals surface area contributed by atoms with Gasteiger partial charge in [0.25, 0.3) is 5.91 Å². The molecule has 0 bridgehead atoms. The molecule has 0 heterocycles. The van der Waals surface area contributed by atoms with Crippen molar-refractivity contribution in [2.45, 2.75) is 13.2 Å². The van der Waals surface area contributed by atoms with Crippen LogP contribution in [0.3, 0.4) is 0 Å². The summed E-state index contributed by atoms with van der Waals surface area (Å²) in [6, 6.07) is 25.9. The van der Waals surface area contributed by atoms with Crippen LogP contribution in [0, 0.1) is 0 Å². The normalized spacial score (nSPS) is 10.1. The Morgan fingerprint density at radius 1 is 0.750 bits per heavy atom. The Hall–Kier alpha value is -3.60. The first kappa shape index (κ1) is 19.2. The van der Waals surface area contributed by atoms with Crippen LogP contribution >= 0.6 is 0 Å². The van der Waals surface area contributed by atoms with Crippen LogP contribution in [0.1, 0.15) is 21.5 Å². The fourth-order valence-electron chi connectivity index (χ4n) is 2.58. The van der Waals surface area contributed by atoms with Gasteiger partial charge in [-0.3, -0.25) is 9.59 Å². The number of para-hydroxylation sites is 1. The van der Waals surface area contributed by atoms with E-state index in [-0.39, 0.29) is 25.7 Å². The van der Waals surface area contributed by atoms with Crippen molar-refractivity contribution in [2.75, 3.05) is 6.54 Å². The van der Waals surface area contributed by atoms with Gasteiger partial charge in [-0.05, 0) is 23.8 Å². The molecule has 3 aromatic carbocycles. The third-order valence-corrected chi connectivity index (χ3v) is 4.04. The topological polar surface area (TPSA) is 64.6 Å². The van der Waals surface area contributed by atoms with E-state index in [1.54, 1.807) is 12.1 Å². The highest BCUT2D eigenvalue weighted by molar-refractivity contribution is 5.97. The van der Waals surface area contributed by atoms with Crippen molar-refractivity contribution in [3.05, 3.63) is 102 Å². The van der Waals surface area contributed by atoms with Crippen molar-refractivity contribution in [3.8, 4) is 5.75 Å². The number of hydrogen-bond acceptors (Lipinski definition) is 4.